The minimum absolute atomic E-state index is 0.0505. The van der Waals surface area contributed by atoms with Gasteiger partial charge in [-0.25, -0.2) is 4.57 Å². The molecule has 0 bridgehead atoms. The molecule has 0 radical (unpaired) electrons. The molecule has 3 N–H and O–H groups in total. The van der Waals surface area contributed by atoms with Crippen molar-refractivity contribution in [2.45, 2.75) is 315 Å². The van der Waals surface area contributed by atoms with Crippen LogP contribution in [0.3, 0.4) is 0 Å². The summed E-state index contributed by atoms with van der Waals surface area (Å²) in [6.07, 6.45) is 93.3. The van der Waals surface area contributed by atoms with Crippen molar-refractivity contribution in [2.24, 2.45) is 5.73 Å². The molecule has 0 aromatic carbocycles. The van der Waals surface area contributed by atoms with Gasteiger partial charge < -0.3 is 20.1 Å². The highest BCUT2D eigenvalue weighted by Crippen LogP contribution is 2.43. The van der Waals surface area contributed by atoms with E-state index >= 15 is 0 Å². The van der Waals surface area contributed by atoms with Crippen molar-refractivity contribution in [3.05, 3.63) is 109 Å². The average Bonchev–Trinajstić information content (AvgIpc) is 3.48. The molecule has 478 valence electrons. The summed E-state index contributed by atoms with van der Waals surface area (Å²) in [7, 11) is -4.40. The molecule has 0 fully saturated rings. The van der Waals surface area contributed by atoms with E-state index in [2.05, 4.69) is 123 Å². The summed E-state index contributed by atoms with van der Waals surface area (Å²) in [4.78, 5) is 35.3. The molecule has 0 saturated carbocycles. The van der Waals surface area contributed by atoms with Crippen LogP contribution >= 0.6 is 7.82 Å². The Balaban J connectivity index is 3.83. The Labute approximate surface area is 511 Å². The van der Waals surface area contributed by atoms with E-state index in [0.717, 1.165) is 109 Å². The Bertz CT molecular complexity index is 1730. The van der Waals surface area contributed by atoms with E-state index in [1.165, 1.54) is 167 Å². The largest absolute Gasteiger partial charge is 0.472 e. The molecular weight excluding hydrogens is 1050 g/mol. The first-order chi connectivity index (χ1) is 40.8. The van der Waals surface area contributed by atoms with Crippen molar-refractivity contribution in [1.82, 2.24) is 0 Å². The first-order valence-corrected chi connectivity index (χ1v) is 35.9. The molecule has 0 rings (SSSR count). The topological polar surface area (TPSA) is 134 Å². The number of allylic oxidation sites excluding steroid dienone is 18. The first kappa shape index (κ1) is 79.7. The minimum Gasteiger partial charge on any atom is -0.462 e. The molecule has 0 heterocycles. The summed E-state index contributed by atoms with van der Waals surface area (Å²) in [6, 6.07) is 0. The molecule has 0 aromatic rings. The highest BCUT2D eigenvalue weighted by atomic mass is 31.2. The van der Waals surface area contributed by atoms with Gasteiger partial charge in [-0.05, 0) is 96.3 Å². The van der Waals surface area contributed by atoms with Gasteiger partial charge in [-0.1, -0.05) is 309 Å². The highest BCUT2D eigenvalue weighted by molar-refractivity contribution is 7.47. The van der Waals surface area contributed by atoms with Gasteiger partial charge in [0.25, 0.3) is 0 Å². The minimum atomic E-state index is -4.40. The lowest BCUT2D eigenvalue weighted by atomic mass is 10.0. The van der Waals surface area contributed by atoms with Crippen LogP contribution < -0.4 is 5.73 Å². The number of ether oxygens (including phenoxy) is 2. The maximum absolute atomic E-state index is 12.8. The quantitative estimate of drug-likeness (QED) is 0.0264. The maximum atomic E-state index is 12.8. The Morgan fingerprint density at radius 3 is 0.928 bits per heavy atom. The third kappa shape index (κ3) is 67.7. The third-order valence-electron chi connectivity index (χ3n) is 14.7. The first-order valence-electron chi connectivity index (χ1n) is 34.4. The lowest BCUT2D eigenvalue weighted by Crippen LogP contribution is -2.29. The van der Waals surface area contributed by atoms with Crippen molar-refractivity contribution in [3.8, 4) is 0 Å². The number of unbranched alkanes of at least 4 members (excludes halogenated alkanes) is 33. The lowest BCUT2D eigenvalue weighted by molar-refractivity contribution is -0.161. The van der Waals surface area contributed by atoms with Gasteiger partial charge in [-0.2, -0.15) is 0 Å². The van der Waals surface area contributed by atoms with Gasteiger partial charge in [0.2, 0.25) is 0 Å². The number of nitrogens with two attached hydrogens (primary N) is 1. The van der Waals surface area contributed by atoms with E-state index < -0.39 is 26.5 Å². The van der Waals surface area contributed by atoms with Gasteiger partial charge in [0.05, 0.1) is 13.2 Å². The van der Waals surface area contributed by atoms with Crippen molar-refractivity contribution in [2.75, 3.05) is 26.4 Å². The smallest absolute Gasteiger partial charge is 0.462 e. The Hall–Kier alpha value is -3.33. The molecular formula is C73H128NO8P. The number of hydrogen-bond donors (Lipinski definition) is 2. The number of carbonyl (C=O) groups is 2. The zero-order valence-corrected chi connectivity index (χ0v) is 54.5. The Morgan fingerprint density at radius 1 is 0.361 bits per heavy atom. The molecule has 0 aliphatic rings. The van der Waals surface area contributed by atoms with E-state index in [1.807, 2.05) is 0 Å². The van der Waals surface area contributed by atoms with Crippen LogP contribution in [0.15, 0.2) is 109 Å². The number of carbonyl (C=O) groups excluding carboxylic acids is 2. The SMILES string of the molecule is CC/C=C\C/C=C\C/C=C\C/C=C\C/C=C\CCCCCCCCCCCCCCCCCCCCCCCCCC(=O)OC(COC(=O)CCCCCCCCCCCC/C=C\C/C=C\C/C=C\C/C=C\CC)COP(=O)(O)OCCN. The molecule has 2 unspecified atom stereocenters. The summed E-state index contributed by atoms with van der Waals surface area (Å²) >= 11 is 0. The van der Waals surface area contributed by atoms with Gasteiger partial charge in [0, 0.05) is 19.4 Å². The second-order valence-electron chi connectivity index (χ2n) is 22.6. The van der Waals surface area contributed by atoms with E-state index in [9.17, 15) is 19.0 Å². The number of phosphoric ester groups is 1. The van der Waals surface area contributed by atoms with Gasteiger partial charge in [-0.3, -0.25) is 18.6 Å². The lowest BCUT2D eigenvalue weighted by Gasteiger charge is -2.19. The van der Waals surface area contributed by atoms with E-state index in [4.69, 9.17) is 24.3 Å². The normalized spacial score (nSPS) is 13.6. The number of rotatable bonds is 64. The average molecular weight is 1180 g/mol. The second kappa shape index (κ2) is 67.8. The predicted molar refractivity (Wildman–Crippen MR) is 358 cm³/mol. The molecule has 0 aliphatic carbocycles. The zero-order valence-electron chi connectivity index (χ0n) is 53.7. The third-order valence-corrected chi connectivity index (χ3v) is 15.6. The fraction of sp³-hybridized carbons (Fsp3) is 0.726. The summed E-state index contributed by atoms with van der Waals surface area (Å²) in [5.41, 5.74) is 5.40. The van der Waals surface area contributed by atoms with Crippen LogP contribution in [0, 0.1) is 0 Å². The van der Waals surface area contributed by atoms with Crippen molar-refractivity contribution in [1.29, 1.82) is 0 Å². The van der Waals surface area contributed by atoms with Crippen molar-refractivity contribution < 1.29 is 37.6 Å². The highest BCUT2D eigenvalue weighted by Gasteiger charge is 2.26. The van der Waals surface area contributed by atoms with Crippen molar-refractivity contribution >= 4 is 19.8 Å². The second-order valence-corrected chi connectivity index (χ2v) is 24.1. The summed E-state index contributed by atoms with van der Waals surface area (Å²) in [6.45, 7) is 3.54. The molecule has 9 nitrogen and oxygen atoms in total. The van der Waals surface area contributed by atoms with Crippen LogP contribution in [0.5, 0.6) is 0 Å². The molecule has 0 amide bonds. The Kier molecular flexibility index (Phi) is 65.1. The van der Waals surface area contributed by atoms with Gasteiger partial charge in [0.15, 0.2) is 6.10 Å². The molecule has 2 atom stereocenters. The van der Waals surface area contributed by atoms with E-state index in [1.54, 1.807) is 0 Å². The number of hydrogen-bond acceptors (Lipinski definition) is 8. The fourth-order valence-corrected chi connectivity index (χ4v) is 10.4. The summed E-state index contributed by atoms with van der Waals surface area (Å²) < 4.78 is 33.2. The van der Waals surface area contributed by atoms with E-state index in [-0.39, 0.29) is 38.6 Å². The zero-order chi connectivity index (χ0) is 60.1. The molecule has 0 aromatic heterocycles. The van der Waals surface area contributed by atoms with Crippen LogP contribution in [0.4, 0.5) is 0 Å². The molecule has 0 aliphatic heterocycles. The monoisotopic (exact) mass is 1180 g/mol. The fourth-order valence-electron chi connectivity index (χ4n) is 9.66. The van der Waals surface area contributed by atoms with Crippen LogP contribution in [0.2, 0.25) is 0 Å². The molecule has 83 heavy (non-hydrogen) atoms. The van der Waals surface area contributed by atoms with Crippen LogP contribution in [0.25, 0.3) is 0 Å². The molecule has 0 spiro atoms. The van der Waals surface area contributed by atoms with Gasteiger partial charge in [-0.15, -0.1) is 0 Å². The van der Waals surface area contributed by atoms with Crippen molar-refractivity contribution in [3.63, 3.8) is 0 Å². The standard InChI is InChI=1S/C73H128NO8P/c1-3-5-7-9-11-13-15-17-19-21-23-25-27-28-29-30-31-32-33-34-35-36-37-38-39-40-41-42-44-46-48-50-52-54-56-58-60-62-64-66-73(76)82-71(70-81-83(77,78)80-68-67-74)69-79-72(75)65-63-61-59-57-55-53-51-49-47-45-43-26-24-22-20-18-16-14-12-10-8-6-4-2/h5-8,11-14,17-20,23-26,28-29,71H,3-4,9-10,15-16,21-22,27,30-70,74H2,1-2H3,(H,77,78)/b7-5-,8-6-,13-11-,14-12-,19-17-,20-18-,25-23-,26-24-,29-28-. The maximum Gasteiger partial charge on any atom is 0.472 e. The van der Waals surface area contributed by atoms with Gasteiger partial charge in [0.1, 0.15) is 6.61 Å². The summed E-state index contributed by atoms with van der Waals surface area (Å²) in [5, 5.41) is 0. The predicted octanol–water partition coefficient (Wildman–Crippen LogP) is 22.5. The van der Waals surface area contributed by atoms with Crippen LogP contribution in [-0.2, 0) is 32.7 Å². The van der Waals surface area contributed by atoms with Gasteiger partial charge >= 0.3 is 19.8 Å². The van der Waals surface area contributed by atoms with Crippen LogP contribution in [0.1, 0.15) is 309 Å². The number of esters is 2. The Morgan fingerprint density at radius 2 is 0.627 bits per heavy atom. The molecule has 10 heteroatoms. The molecule has 0 saturated heterocycles. The number of phosphoric acid groups is 1. The summed E-state index contributed by atoms with van der Waals surface area (Å²) in [5.74, 6) is -0.824. The van der Waals surface area contributed by atoms with Crippen LogP contribution in [-0.4, -0.2) is 49.3 Å². The van der Waals surface area contributed by atoms with E-state index in [0.29, 0.717) is 6.42 Å².